The summed E-state index contributed by atoms with van der Waals surface area (Å²) < 4.78 is 13.0. The maximum absolute atomic E-state index is 13.0. The molecule has 0 saturated heterocycles. The molecule has 2 N–H and O–H groups in total. The Bertz CT molecular complexity index is 616. The lowest BCUT2D eigenvalue weighted by molar-refractivity contribution is 0.209. The van der Waals surface area contributed by atoms with Crippen molar-refractivity contribution in [2.45, 2.75) is 31.8 Å². The Morgan fingerprint density at radius 3 is 2.70 bits per heavy atom. The van der Waals surface area contributed by atoms with Crippen LogP contribution in [-0.2, 0) is 0 Å². The van der Waals surface area contributed by atoms with Crippen LogP contribution < -0.4 is 0 Å². The first-order chi connectivity index (χ1) is 9.75. The number of hydrogen-bond acceptors (Lipinski definition) is 2. The van der Waals surface area contributed by atoms with Crippen molar-refractivity contribution in [1.82, 2.24) is 10.2 Å². The van der Waals surface area contributed by atoms with Gasteiger partial charge < -0.3 is 5.11 Å². The Morgan fingerprint density at radius 2 is 2.00 bits per heavy atom. The molecule has 1 atom stereocenters. The fraction of sp³-hybridized carbons (Fsp3) is 0.312. The Morgan fingerprint density at radius 1 is 1.20 bits per heavy atom. The van der Waals surface area contributed by atoms with Crippen LogP contribution in [0.2, 0.25) is 0 Å². The summed E-state index contributed by atoms with van der Waals surface area (Å²) in [6, 6.07) is 6.20. The van der Waals surface area contributed by atoms with Crippen molar-refractivity contribution in [3.8, 4) is 11.3 Å². The van der Waals surface area contributed by atoms with E-state index >= 15 is 0 Å². The molecule has 0 radical (unpaired) electrons. The second-order valence-electron chi connectivity index (χ2n) is 5.13. The number of aliphatic hydroxyl groups excluding tert-OH is 1. The van der Waals surface area contributed by atoms with Gasteiger partial charge in [0, 0.05) is 11.1 Å². The molecule has 0 bridgehead atoms. The lowest BCUT2D eigenvalue weighted by Gasteiger charge is -2.18. The molecule has 0 amide bonds. The molecule has 0 fully saturated rings. The molecule has 0 spiro atoms. The molecule has 1 aromatic heterocycles. The lowest BCUT2D eigenvalue weighted by atomic mass is 9.91. The lowest BCUT2D eigenvalue weighted by Crippen LogP contribution is -2.05. The minimum absolute atomic E-state index is 0.273. The Labute approximate surface area is 117 Å². The molecule has 2 aromatic rings. The van der Waals surface area contributed by atoms with Crippen molar-refractivity contribution in [2.75, 3.05) is 0 Å². The zero-order valence-corrected chi connectivity index (χ0v) is 11.1. The number of aliphatic hydroxyl groups is 1. The smallest absolute Gasteiger partial charge is 0.123 e. The minimum atomic E-state index is -0.630. The summed E-state index contributed by atoms with van der Waals surface area (Å²) in [5.74, 6) is -0.273. The molecular formula is C16H17FN2O. The van der Waals surface area contributed by atoms with Gasteiger partial charge in [-0.05, 0) is 55.5 Å². The van der Waals surface area contributed by atoms with E-state index in [2.05, 4.69) is 16.3 Å². The Balaban J connectivity index is 1.93. The predicted octanol–water partition coefficient (Wildman–Crippen LogP) is 3.75. The number of nitrogens with zero attached hydrogens (tertiary/aromatic N) is 1. The average Bonchev–Trinajstić information content (AvgIpc) is 2.97. The van der Waals surface area contributed by atoms with Crippen molar-refractivity contribution in [1.29, 1.82) is 0 Å². The maximum Gasteiger partial charge on any atom is 0.123 e. The van der Waals surface area contributed by atoms with E-state index in [1.54, 1.807) is 18.3 Å². The molecule has 1 aromatic carbocycles. The summed E-state index contributed by atoms with van der Waals surface area (Å²) >= 11 is 0. The van der Waals surface area contributed by atoms with Crippen LogP contribution in [0, 0.1) is 5.82 Å². The summed E-state index contributed by atoms with van der Waals surface area (Å²) in [6.07, 6.45) is 7.40. The number of nitrogens with one attached hydrogen (secondary N) is 1. The van der Waals surface area contributed by atoms with E-state index in [0.717, 1.165) is 41.7 Å². The van der Waals surface area contributed by atoms with Gasteiger partial charge in [-0.25, -0.2) is 4.39 Å². The van der Waals surface area contributed by atoms with Gasteiger partial charge in [0.05, 0.1) is 11.9 Å². The van der Waals surface area contributed by atoms with Gasteiger partial charge in [-0.3, -0.25) is 5.10 Å². The Hall–Kier alpha value is -1.94. The molecule has 1 heterocycles. The van der Waals surface area contributed by atoms with Crippen LogP contribution in [0.3, 0.4) is 0 Å². The number of H-pyrrole nitrogens is 1. The monoisotopic (exact) mass is 272 g/mol. The average molecular weight is 272 g/mol. The van der Waals surface area contributed by atoms with E-state index in [-0.39, 0.29) is 5.82 Å². The molecule has 0 aliphatic heterocycles. The highest BCUT2D eigenvalue weighted by molar-refractivity contribution is 5.63. The van der Waals surface area contributed by atoms with Gasteiger partial charge in [-0.1, -0.05) is 6.08 Å². The van der Waals surface area contributed by atoms with Crippen LogP contribution in [-0.4, -0.2) is 15.3 Å². The molecule has 4 heteroatoms. The quantitative estimate of drug-likeness (QED) is 0.836. The second kappa shape index (κ2) is 5.59. The van der Waals surface area contributed by atoms with Crippen molar-refractivity contribution < 1.29 is 9.50 Å². The Kier molecular flexibility index (Phi) is 3.65. The van der Waals surface area contributed by atoms with Crippen LogP contribution in [0.5, 0.6) is 0 Å². The summed E-state index contributed by atoms with van der Waals surface area (Å²) in [5.41, 5.74) is 3.39. The number of halogens is 1. The van der Waals surface area contributed by atoms with Gasteiger partial charge in [0.15, 0.2) is 0 Å². The van der Waals surface area contributed by atoms with E-state index in [0.29, 0.717) is 0 Å². The summed E-state index contributed by atoms with van der Waals surface area (Å²) in [7, 11) is 0. The molecule has 104 valence electrons. The van der Waals surface area contributed by atoms with E-state index in [4.69, 9.17) is 0 Å². The van der Waals surface area contributed by atoms with Crippen LogP contribution in [0.4, 0.5) is 4.39 Å². The van der Waals surface area contributed by atoms with Gasteiger partial charge in [0.2, 0.25) is 0 Å². The SMILES string of the molecule is OC(C1=CCCCC1)c1cn[nH]c1-c1ccc(F)cc1. The van der Waals surface area contributed by atoms with Crippen LogP contribution in [0.15, 0.2) is 42.1 Å². The molecule has 3 nitrogen and oxygen atoms in total. The fourth-order valence-electron chi connectivity index (χ4n) is 2.66. The van der Waals surface area contributed by atoms with Crippen LogP contribution in [0.25, 0.3) is 11.3 Å². The van der Waals surface area contributed by atoms with E-state index in [9.17, 15) is 9.50 Å². The number of allylic oxidation sites excluding steroid dienone is 1. The number of rotatable bonds is 3. The molecule has 0 saturated carbocycles. The zero-order valence-electron chi connectivity index (χ0n) is 11.1. The molecule has 1 aliphatic rings. The highest BCUT2D eigenvalue weighted by Crippen LogP contribution is 2.34. The second-order valence-corrected chi connectivity index (χ2v) is 5.13. The summed E-state index contributed by atoms with van der Waals surface area (Å²) in [6.45, 7) is 0. The van der Waals surface area contributed by atoms with Crippen molar-refractivity contribution in [2.24, 2.45) is 0 Å². The normalized spacial score (nSPS) is 16.8. The first-order valence-electron chi connectivity index (χ1n) is 6.92. The number of benzene rings is 1. The molecule has 3 rings (SSSR count). The third-order valence-electron chi connectivity index (χ3n) is 3.77. The fourth-order valence-corrected chi connectivity index (χ4v) is 2.66. The van der Waals surface area contributed by atoms with Crippen molar-refractivity contribution in [3.05, 3.63) is 53.5 Å². The number of hydrogen-bond donors (Lipinski definition) is 2. The number of aromatic amines is 1. The largest absolute Gasteiger partial charge is 0.384 e. The topological polar surface area (TPSA) is 48.9 Å². The van der Waals surface area contributed by atoms with E-state index < -0.39 is 6.10 Å². The zero-order chi connectivity index (χ0) is 13.9. The predicted molar refractivity (Wildman–Crippen MR) is 75.5 cm³/mol. The standard InChI is InChI=1S/C16H17FN2O/c17-13-8-6-11(7-9-13)15-14(10-18-19-15)16(20)12-4-2-1-3-5-12/h4,6-10,16,20H,1-3,5H2,(H,18,19). The van der Waals surface area contributed by atoms with E-state index in [1.165, 1.54) is 18.6 Å². The number of aromatic nitrogens is 2. The van der Waals surface area contributed by atoms with E-state index in [1.807, 2.05) is 0 Å². The third kappa shape index (κ3) is 2.51. The highest BCUT2D eigenvalue weighted by Gasteiger charge is 2.20. The third-order valence-corrected chi connectivity index (χ3v) is 3.77. The van der Waals surface area contributed by atoms with Gasteiger partial charge in [0.25, 0.3) is 0 Å². The van der Waals surface area contributed by atoms with Crippen molar-refractivity contribution in [3.63, 3.8) is 0 Å². The maximum atomic E-state index is 13.0. The molecule has 20 heavy (non-hydrogen) atoms. The first kappa shape index (κ1) is 13.1. The summed E-state index contributed by atoms with van der Waals surface area (Å²) in [4.78, 5) is 0. The van der Waals surface area contributed by atoms with Gasteiger partial charge >= 0.3 is 0 Å². The highest BCUT2D eigenvalue weighted by atomic mass is 19.1. The molecule has 1 aliphatic carbocycles. The summed E-state index contributed by atoms with van der Waals surface area (Å²) in [5, 5.41) is 17.5. The minimum Gasteiger partial charge on any atom is -0.384 e. The van der Waals surface area contributed by atoms with Gasteiger partial charge in [-0.15, -0.1) is 0 Å². The molecular weight excluding hydrogens is 255 g/mol. The van der Waals surface area contributed by atoms with Gasteiger partial charge in [-0.2, -0.15) is 5.10 Å². The molecule has 1 unspecified atom stereocenters. The van der Waals surface area contributed by atoms with Gasteiger partial charge in [0.1, 0.15) is 11.9 Å². The van der Waals surface area contributed by atoms with Crippen molar-refractivity contribution >= 4 is 0 Å². The first-order valence-corrected chi connectivity index (χ1v) is 6.92. The van der Waals surface area contributed by atoms with Crippen LogP contribution >= 0.6 is 0 Å². The van der Waals surface area contributed by atoms with Crippen LogP contribution in [0.1, 0.15) is 37.4 Å².